The van der Waals surface area contributed by atoms with E-state index in [0.717, 1.165) is 11.1 Å². The molecule has 4 aromatic rings. The lowest BCUT2D eigenvalue weighted by Crippen LogP contribution is -2.10. The summed E-state index contributed by atoms with van der Waals surface area (Å²) in [5.41, 5.74) is 2.65. The Morgan fingerprint density at radius 1 is 1.10 bits per heavy atom. The molecule has 0 radical (unpaired) electrons. The van der Waals surface area contributed by atoms with Gasteiger partial charge in [0.2, 0.25) is 0 Å². The molecule has 0 atom stereocenters. The molecule has 0 bridgehead atoms. The number of halogens is 1. The first-order valence-electron chi connectivity index (χ1n) is 9.21. The molecule has 0 fully saturated rings. The molecule has 146 valence electrons. The maximum absolute atomic E-state index is 12.3. The Kier molecular flexibility index (Phi) is 5.60. The molecule has 30 heavy (non-hydrogen) atoms. The average molecular weight is 414 g/mol. The van der Waals surface area contributed by atoms with Crippen molar-refractivity contribution in [2.24, 2.45) is 0 Å². The molecule has 0 amide bonds. The molecular weight excluding hydrogens is 398 g/mol. The van der Waals surface area contributed by atoms with E-state index >= 15 is 0 Å². The van der Waals surface area contributed by atoms with Gasteiger partial charge in [-0.1, -0.05) is 48.0 Å². The molecule has 0 saturated heterocycles. The van der Waals surface area contributed by atoms with Crippen LogP contribution in [0.25, 0.3) is 22.0 Å². The maximum Gasteiger partial charge on any atom is 0.259 e. The summed E-state index contributed by atoms with van der Waals surface area (Å²) in [6.07, 6.45) is 1.72. The molecule has 0 aliphatic rings. The number of hydrogen-bond acceptors (Lipinski definition) is 4. The predicted molar refractivity (Wildman–Crippen MR) is 118 cm³/mol. The molecule has 0 unspecified atom stereocenters. The Morgan fingerprint density at radius 2 is 1.93 bits per heavy atom. The fraction of sp³-hybridized carbons (Fsp3) is 0.0417. The first kappa shape index (κ1) is 19.4. The van der Waals surface area contributed by atoms with Crippen LogP contribution in [0.3, 0.4) is 0 Å². The van der Waals surface area contributed by atoms with E-state index in [2.05, 4.69) is 16.0 Å². The third-order valence-electron chi connectivity index (χ3n) is 4.45. The Hall–Kier alpha value is -3.88. The number of fused-ring (bicyclic) bond motifs is 1. The zero-order valence-corrected chi connectivity index (χ0v) is 16.6. The monoisotopic (exact) mass is 413 g/mol. The standard InChI is InChI=1S/C24H16ClN3O2/c25-21(23-27-22-10-2-1-9-20(22)24(29)28-23)13-16-5-4-8-19(12-16)30-15-18-7-3-6-17(11-18)14-26/h1-13H,15H2,(H,27,28,29). The van der Waals surface area contributed by atoms with Gasteiger partial charge in [0.05, 0.1) is 27.6 Å². The second-order valence-corrected chi connectivity index (χ2v) is 7.00. The lowest BCUT2D eigenvalue weighted by molar-refractivity contribution is 0.306. The van der Waals surface area contributed by atoms with Crippen molar-refractivity contribution in [1.82, 2.24) is 9.97 Å². The second kappa shape index (κ2) is 8.64. The highest BCUT2D eigenvalue weighted by atomic mass is 35.5. The summed E-state index contributed by atoms with van der Waals surface area (Å²) in [5, 5.41) is 9.83. The molecule has 3 aromatic carbocycles. The van der Waals surface area contributed by atoms with Gasteiger partial charge in [0.25, 0.3) is 5.56 Å². The average Bonchev–Trinajstić information content (AvgIpc) is 2.78. The number of nitriles is 1. The first-order chi connectivity index (χ1) is 14.6. The normalized spacial score (nSPS) is 11.3. The lowest BCUT2D eigenvalue weighted by atomic mass is 10.1. The van der Waals surface area contributed by atoms with Gasteiger partial charge in [-0.15, -0.1) is 0 Å². The Bertz CT molecular complexity index is 1350. The first-order valence-corrected chi connectivity index (χ1v) is 9.59. The van der Waals surface area contributed by atoms with Gasteiger partial charge >= 0.3 is 0 Å². The Balaban J connectivity index is 1.55. The summed E-state index contributed by atoms with van der Waals surface area (Å²) in [5.74, 6) is 0.968. The number of aromatic amines is 1. The van der Waals surface area contributed by atoms with E-state index in [-0.39, 0.29) is 5.56 Å². The minimum absolute atomic E-state index is 0.237. The zero-order chi connectivity index (χ0) is 20.9. The van der Waals surface area contributed by atoms with Gasteiger partial charge in [-0.3, -0.25) is 4.79 Å². The molecule has 1 heterocycles. The van der Waals surface area contributed by atoms with Crippen LogP contribution in [0.4, 0.5) is 0 Å². The molecule has 0 spiro atoms. The summed E-state index contributed by atoms with van der Waals surface area (Å²) in [7, 11) is 0. The fourth-order valence-corrected chi connectivity index (χ4v) is 3.22. The largest absolute Gasteiger partial charge is 0.489 e. The highest BCUT2D eigenvalue weighted by molar-refractivity contribution is 6.50. The van der Waals surface area contributed by atoms with Crippen molar-refractivity contribution in [2.45, 2.75) is 6.61 Å². The number of rotatable bonds is 5. The van der Waals surface area contributed by atoms with Gasteiger partial charge in [-0.25, -0.2) is 4.98 Å². The van der Waals surface area contributed by atoms with E-state index in [1.165, 1.54) is 0 Å². The van der Waals surface area contributed by atoms with Crippen molar-refractivity contribution in [3.8, 4) is 11.8 Å². The number of H-pyrrole nitrogens is 1. The minimum Gasteiger partial charge on any atom is -0.489 e. The Morgan fingerprint density at radius 3 is 2.80 bits per heavy atom. The van der Waals surface area contributed by atoms with Crippen LogP contribution >= 0.6 is 11.6 Å². The minimum atomic E-state index is -0.237. The highest BCUT2D eigenvalue weighted by Crippen LogP contribution is 2.23. The van der Waals surface area contributed by atoms with Crippen LogP contribution in [0, 0.1) is 11.3 Å². The van der Waals surface area contributed by atoms with Crippen molar-refractivity contribution < 1.29 is 4.74 Å². The lowest BCUT2D eigenvalue weighted by Gasteiger charge is -2.08. The molecule has 5 nitrogen and oxygen atoms in total. The molecule has 0 aliphatic carbocycles. The van der Waals surface area contributed by atoms with Crippen LogP contribution in [0.15, 0.2) is 77.6 Å². The smallest absolute Gasteiger partial charge is 0.259 e. The van der Waals surface area contributed by atoms with Crippen molar-refractivity contribution >= 4 is 33.6 Å². The number of aromatic nitrogens is 2. The van der Waals surface area contributed by atoms with E-state index in [1.807, 2.05) is 42.5 Å². The SMILES string of the molecule is N#Cc1cccc(COc2cccc(C=C(Cl)c3nc4ccccc4c(=O)[nH]3)c2)c1. The van der Waals surface area contributed by atoms with Crippen LogP contribution in [0.2, 0.25) is 0 Å². The second-order valence-electron chi connectivity index (χ2n) is 6.60. The third kappa shape index (κ3) is 4.40. The number of ether oxygens (including phenoxy) is 1. The Labute approximate surface area is 177 Å². The van der Waals surface area contributed by atoms with Crippen molar-refractivity contribution in [3.63, 3.8) is 0 Å². The van der Waals surface area contributed by atoms with Crippen LogP contribution in [-0.2, 0) is 6.61 Å². The van der Waals surface area contributed by atoms with Crippen molar-refractivity contribution in [1.29, 1.82) is 5.26 Å². The molecule has 1 N–H and O–H groups in total. The number of benzene rings is 3. The molecular formula is C24H16ClN3O2. The summed E-state index contributed by atoms with van der Waals surface area (Å²) in [6, 6.07) is 23.9. The van der Waals surface area contributed by atoms with Crippen LogP contribution < -0.4 is 10.3 Å². The third-order valence-corrected chi connectivity index (χ3v) is 4.74. The fourth-order valence-electron chi connectivity index (χ4n) is 3.01. The van der Waals surface area contributed by atoms with Gasteiger partial charge in [-0.2, -0.15) is 5.26 Å². The topological polar surface area (TPSA) is 78.8 Å². The van der Waals surface area contributed by atoms with Gasteiger partial charge in [0, 0.05) is 0 Å². The summed E-state index contributed by atoms with van der Waals surface area (Å²) < 4.78 is 5.84. The zero-order valence-electron chi connectivity index (χ0n) is 15.8. The van der Waals surface area contributed by atoms with Gasteiger partial charge in [0.15, 0.2) is 5.82 Å². The summed E-state index contributed by atoms with van der Waals surface area (Å²) in [6.45, 7) is 0.343. The quantitative estimate of drug-likeness (QED) is 0.493. The van der Waals surface area contributed by atoms with E-state index in [1.54, 1.807) is 36.4 Å². The molecule has 1 aromatic heterocycles. The van der Waals surface area contributed by atoms with Gasteiger partial charge in [0.1, 0.15) is 12.4 Å². The van der Waals surface area contributed by atoms with Crippen LogP contribution in [0.5, 0.6) is 5.75 Å². The maximum atomic E-state index is 12.3. The van der Waals surface area contributed by atoms with Gasteiger partial charge < -0.3 is 9.72 Å². The molecule has 6 heteroatoms. The van der Waals surface area contributed by atoms with E-state index in [4.69, 9.17) is 21.6 Å². The van der Waals surface area contributed by atoms with E-state index < -0.39 is 0 Å². The molecule has 0 aliphatic heterocycles. The molecule has 0 saturated carbocycles. The van der Waals surface area contributed by atoms with Crippen molar-refractivity contribution in [2.75, 3.05) is 0 Å². The number of nitrogens with zero attached hydrogens (tertiary/aromatic N) is 2. The van der Waals surface area contributed by atoms with Crippen LogP contribution in [0.1, 0.15) is 22.5 Å². The van der Waals surface area contributed by atoms with E-state index in [9.17, 15) is 4.79 Å². The van der Waals surface area contributed by atoms with Crippen LogP contribution in [-0.4, -0.2) is 9.97 Å². The summed E-state index contributed by atoms with van der Waals surface area (Å²) in [4.78, 5) is 19.4. The number of para-hydroxylation sites is 1. The summed E-state index contributed by atoms with van der Waals surface area (Å²) >= 11 is 6.43. The number of hydrogen-bond donors (Lipinski definition) is 1. The van der Waals surface area contributed by atoms with Gasteiger partial charge in [-0.05, 0) is 53.6 Å². The van der Waals surface area contributed by atoms with E-state index in [0.29, 0.717) is 39.7 Å². The molecule has 4 rings (SSSR count). The predicted octanol–water partition coefficient (Wildman–Crippen LogP) is 5.11. The van der Waals surface area contributed by atoms with Crippen molar-refractivity contribution in [3.05, 3.63) is 106 Å². The number of nitrogens with one attached hydrogen (secondary N) is 1. The highest BCUT2D eigenvalue weighted by Gasteiger charge is 2.07.